The molecule has 0 aliphatic carbocycles. The number of carbonyl (C=O) groups excluding carboxylic acids is 1. The van der Waals surface area contributed by atoms with Gasteiger partial charge in [0.2, 0.25) is 0 Å². The van der Waals surface area contributed by atoms with Crippen molar-refractivity contribution >= 4 is 5.91 Å². The van der Waals surface area contributed by atoms with Gasteiger partial charge in [-0.1, -0.05) is 30.3 Å². The SMILES string of the molecule is O=C1NCCCc2cc(OCc3ccccc3)ccc21. The monoisotopic (exact) mass is 267 g/mol. The Bertz CT molecular complexity index is 608. The first kappa shape index (κ1) is 12.7. The lowest BCUT2D eigenvalue weighted by Crippen LogP contribution is -2.22. The van der Waals surface area contributed by atoms with Crippen LogP contribution < -0.4 is 10.1 Å². The number of amides is 1. The second kappa shape index (κ2) is 5.78. The molecule has 1 aliphatic rings. The highest BCUT2D eigenvalue weighted by atomic mass is 16.5. The van der Waals surface area contributed by atoms with Gasteiger partial charge in [0, 0.05) is 12.1 Å². The average molecular weight is 267 g/mol. The van der Waals surface area contributed by atoms with Gasteiger partial charge >= 0.3 is 0 Å². The van der Waals surface area contributed by atoms with Gasteiger partial charge in [0.1, 0.15) is 12.4 Å². The summed E-state index contributed by atoms with van der Waals surface area (Å²) in [5, 5.41) is 2.90. The van der Waals surface area contributed by atoms with Crippen LogP contribution in [-0.2, 0) is 13.0 Å². The van der Waals surface area contributed by atoms with Gasteiger partial charge in [-0.25, -0.2) is 0 Å². The maximum Gasteiger partial charge on any atom is 0.251 e. The number of carbonyl (C=O) groups is 1. The fourth-order valence-corrected chi connectivity index (χ4v) is 2.41. The van der Waals surface area contributed by atoms with Gasteiger partial charge in [-0.2, -0.15) is 0 Å². The summed E-state index contributed by atoms with van der Waals surface area (Å²) in [7, 11) is 0. The Balaban J connectivity index is 1.75. The fraction of sp³-hybridized carbons (Fsp3) is 0.235. The van der Waals surface area contributed by atoms with Crippen LogP contribution in [0.2, 0.25) is 0 Å². The second-order valence-corrected chi connectivity index (χ2v) is 4.95. The van der Waals surface area contributed by atoms with Crippen molar-refractivity contribution in [1.29, 1.82) is 0 Å². The Labute approximate surface area is 118 Å². The summed E-state index contributed by atoms with van der Waals surface area (Å²) in [4.78, 5) is 11.8. The maximum atomic E-state index is 11.8. The van der Waals surface area contributed by atoms with E-state index < -0.39 is 0 Å². The number of aryl methyl sites for hydroxylation is 1. The van der Waals surface area contributed by atoms with Gasteiger partial charge in [0.05, 0.1) is 0 Å². The molecular formula is C17H17NO2. The average Bonchev–Trinajstić information content (AvgIpc) is 2.68. The van der Waals surface area contributed by atoms with E-state index in [1.165, 1.54) is 0 Å². The zero-order valence-electron chi connectivity index (χ0n) is 11.3. The molecule has 0 saturated carbocycles. The van der Waals surface area contributed by atoms with Gasteiger partial charge in [-0.3, -0.25) is 4.79 Å². The van der Waals surface area contributed by atoms with Crippen LogP contribution in [0.25, 0.3) is 0 Å². The van der Waals surface area contributed by atoms with Crippen molar-refractivity contribution in [3.8, 4) is 5.75 Å². The van der Waals surface area contributed by atoms with Gasteiger partial charge in [0.25, 0.3) is 5.91 Å². The Morgan fingerprint density at radius 2 is 1.95 bits per heavy atom. The Hall–Kier alpha value is -2.29. The quantitative estimate of drug-likeness (QED) is 0.928. The molecule has 3 rings (SSSR count). The van der Waals surface area contributed by atoms with E-state index in [2.05, 4.69) is 5.32 Å². The van der Waals surface area contributed by atoms with E-state index in [1.54, 1.807) is 0 Å². The van der Waals surface area contributed by atoms with E-state index in [0.717, 1.165) is 41.8 Å². The molecular weight excluding hydrogens is 250 g/mol. The third-order valence-corrected chi connectivity index (χ3v) is 3.48. The molecule has 3 heteroatoms. The summed E-state index contributed by atoms with van der Waals surface area (Å²) in [5.41, 5.74) is 2.99. The zero-order valence-corrected chi connectivity index (χ0v) is 11.3. The molecule has 2 aromatic carbocycles. The number of benzene rings is 2. The predicted molar refractivity (Wildman–Crippen MR) is 77.9 cm³/mol. The van der Waals surface area contributed by atoms with Crippen LogP contribution >= 0.6 is 0 Å². The lowest BCUT2D eigenvalue weighted by atomic mass is 10.0. The summed E-state index contributed by atoms with van der Waals surface area (Å²) in [5.74, 6) is 0.842. The third kappa shape index (κ3) is 2.82. The van der Waals surface area contributed by atoms with Crippen molar-refractivity contribution < 1.29 is 9.53 Å². The van der Waals surface area contributed by atoms with Crippen LogP contribution in [0.4, 0.5) is 0 Å². The van der Waals surface area contributed by atoms with E-state index in [-0.39, 0.29) is 5.91 Å². The van der Waals surface area contributed by atoms with E-state index in [1.807, 2.05) is 48.5 Å². The molecule has 2 aromatic rings. The van der Waals surface area contributed by atoms with Gasteiger partial charge in [-0.15, -0.1) is 0 Å². The third-order valence-electron chi connectivity index (χ3n) is 3.48. The number of hydrogen-bond donors (Lipinski definition) is 1. The molecule has 0 fully saturated rings. The lowest BCUT2D eigenvalue weighted by molar-refractivity contribution is 0.0956. The maximum absolute atomic E-state index is 11.8. The predicted octanol–water partition coefficient (Wildman–Crippen LogP) is 2.94. The lowest BCUT2D eigenvalue weighted by Gasteiger charge is -2.10. The van der Waals surface area contributed by atoms with Crippen molar-refractivity contribution in [2.45, 2.75) is 19.4 Å². The summed E-state index contributed by atoms with van der Waals surface area (Å²) < 4.78 is 5.80. The standard InChI is InChI=1S/C17H17NO2/c19-17-16-9-8-15(11-14(16)7-4-10-18-17)20-12-13-5-2-1-3-6-13/h1-3,5-6,8-9,11H,4,7,10,12H2,(H,18,19). The second-order valence-electron chi connectivity index (χ2n) is 4.95. The first-order valence-corrected chi connectivity index (χ1v) is 6.91. The molecule has 0 saturated heterocycles. The van der Waals surface area contributed by atoms with E-state index in [4.69, 9.17) is 4.74 Å². The molecule has 3 nitrogen and oxygen atoms in total. The van der Waals surface area contributed by atoms with E-state index in [9.17, 15) is 4.79 Å². The molecule has 0 spiro atoms. The molecule has 0 unspecified atom stereocenters. The first-order chi connectivity index (χ1) is 9.83. The van der Waals surface area contributed by atoms with Crippen LogP contribution in [0.1, 0.15) is 27.9 Å². The summed E-state index contributed by atoms with van der Waals surface area (Å²) in [6, 6.07) is 15.8. The smallest absolute Gasteiger partial charge is 0.251 e. The molecule has 0 aromatic heterocycles. The Morgan fingerprint density at radius 1 is 1.10 bits per heavy atom. The molecule has 1 heterocycles. The molecule has 0 bridgehead atoms. The number of nitrogens with one attached hydrogen (secondary N) is 1. The summed E-state index contributed by atoms with van der Waals surface area (Å²) >= 11 is 0. The molecule has 0 atom stereocenters. The molecule has 1 N–H and O–H groups in total. The molecule has 0 radical (unpaired) electrons. The Morgan fingerprint density at radius 3 is 2.80 bits per heavy atom. The number of fused-ring (bicyclic) bond motifs is 1. The van der Waals surface area contributed by atoms with Crippen molar-refractivity contribution in [2.75, 3.05) is 6.54 Å². The topological polar surface area (TPSA) is 38.3 Å². The van der Waals surface area contributed by atoms with Crippen LogP contribution in [0, 0.1) is 0 Å². The van der Waals surface area contributed by atoms with Gasteiger partial charge in [-0.05, 0) is 42.2 Å². The molecule has 1 aliphatic heterocycles. The van der Waals surface area contributed by atoms with Crippen LogP contribution in [0.5, 0.6) is 5.75 Å². The summed E-state index contributed by atoms with van der Waals surface area (Å²) in [6.45, 7) is 1.29. The van der Waals surface area contributed by atoms with Crippen molar-refractivity contribution in [1.82, 2.24) is 5.32 Å². The van der Waals surface area contributed by atoms with Crippen molar-refractivity contribution in [2.24, 2.45) is 0 Å². The number of ether oxygens (including phenoxy) is 1. The zero-order chi connectivity index (χ0) is 13.8. The molecule has 1 amide bonds. The number of hydrogen-bond acceptors (Lipinski definition) is 2. The van der Waals surface area contributed by atoms with Crippen LogP contribution in [0.15, 0.2) is 48.5 Å². The minimum Gasteiger partial charge on any atom is -0.489 e. The minimum absolute atomic E-state index is 0.0205. The normalized spacial score (nSPS) is 14.1. The Kier molecular flexibility index (Phi) is 3.68. The van der Waals surface area contributed by atoms with Crippen LogP contribution in [0.3, 0.4) is 0 Å². The van der Waals surface area contributed by atoms with Gasteiger partial charge < -0.3 is 10.1 Å². The van der Waals surface area contributed by atoms with Gasteiger partial charge in [0.15, 0.2) is 0 Å². The molecule has 102 valence electrons. The molecule has 20 heavy (non-hydrogen) atoms. The minimum atomic E-state index is 0.0205. The highest BCUT2D eigenvalue weighted by Gasteiger charge is 2.15. The number of rotatable bonds is 3. The van der Waals surface area contributed by atoms with Crippen molar-refractivity contribution in [3.63, 3.8) is 0 Å². The van der Waals surface area contributed by atoms with E-state index >= 15 is 0 Å². The van der Waals surface area contributed by atoms with Crippen molar-refractivity contribution in [3.05, 3.63) is 65.2 Å². The largest absolute Gasteiger partial charge is 0.489 e. The highest BCUT2D eigenvalue weighted by molar-refractivity contribution is 5.96. The van der Waals surface area contributed by atoms with E-state index in [0.29, 0.717) is 6.61 Å². The highest BCUT2D eigenvalue weighted by Crippen LogP contribution is 2.22. The summed E-state index contributed by atoms with van der Waals surface area (Å²) in [6.07, 6.45) is 1.89. The first-order valence-electron chi connectivity index (χ1n) is 6.91. The fourth-order valence-electron chi connectivity index (χ4n) is 2.41. The van der Waals surface area contributed by atoms with Crippen LogP contribution in [-0.4, -0.2) is 12.5 Å².